The molecule has 0 saturated heterocycles. The number of carbonyl (C=O) groups is 1. The van der Waals surface area contributed by atoms with Crippen molar-refractivity contribution in [1.29, 1.82) is 0 Å². The zero-order valence-electron chi connectivity index (χ0n) is 9.91. The maximum Gasteiger partial charge on any atom is 0.316 e. The summed E-state index contributed by atoms with van der Waals surface area (Å²) in [6, 6.07) is 7.28. The smallest absolute Gasteiger partial charge is 0.316 e. The van der Waals surface area contributed by atoms with Gasteiger partial charge >= 0.3 is 6.03 Å². The molecular formula is C13H19N3O. The molecule has 0 spiro atoms. The predicted octanol–water partition coefficient (Wildman–Crippen LogP) is 1.95. The molecule has 17 heavy (non-hydrogen) atoms. The van der Waals surface area contributed by atoms with Gasteiger partial charge in [-0.05, 0) is 24.5 Å². The monoisotopic (exact) mass is 233 g/mol. The van der Waals surface area contributed by atoms with E-state index in [9.17, 15) is 4.79 Å². The molecule has 1 aliphatic rings. The minimum Gasteiger partial charge on any atom is -0.351 e. The fourth-order valence-electron chi connectivity index (χ4n) is 2.82. The Morgan fingerprint density at radius 2 is 1.94 bits per heavy atom. The first-order chi connectivity index (χ1) is 8.18. The number of para-hydroxylation sites is 1. The van der Waals surface area contributed by atoms with Crippen LogP contribution in [0.15, 0.2) is 24.3 Å². The molecule has 1 saturated carbocycles. The lowest BCUT2D eigenvalue weighted by Crippen LogP contribution is -2.33. The second kappa shape index (κ2) is 4.75. The van der Waals surface area contributed by atoms with Gasteiger partial charge in [-0.3, -0.25) is 0 Å². The summed E-state index contributed by atoms with van der Waals surface area (Å²) in [4.78, 5) is 11.0. The third-order valence-corrected chi connectivity index (χ3v) is 3.71. The molecule has 4 nitrogen and oxygen atoms in total. The van der Waals surface area contributed by atoms with Crippen LogP contribution >= 0.6 is 0 Å². The highest BCUT2D eigenvalue weighted by atomic mass is 16.2. The number of nitrogens with two attached hydrogens (primary N) is 2. The Hall–Kier alpha value is -1.55. The number of primary amides is 1. The van der Waals surface area contributed by atoms with E-state index < -0.39 is 6.03 Å². The number of anilines is 1. The fourth-order valence-corrected chi connectivity index (χ4v) is 2.82. The van der Waals surface area contributed by atoms with E-state index in [1.807, 2.05) is 24.3 Å². The van der Waals surface area contributed by atoms with Gasteiger partial charge in [-0.25, -0.2) is 4.79 Å². The van der Waals surface area contributed by atoms with Crippen LogP contribution in [0, 0.1) is 0 Å². The van der Waals surface area contributed by atoms with Crippen LogP contribution in [0.3, 0.4) is 0 Å². The maximum atomic E-state index is 11.0. The zero-order chi connectivity index (χ0) is 12.3. The molecule has 0 radical (unpaired) electrons. The summed E-state index contributed by atoms with van der Waals surface area (Å²) in [5, 5.41) is 2.69. The highest BCUT2D eigenvalue weighted by Crippen LogP contribution is 2.43. The van der Waals surface area contributed by atoms with Crippen LogP contribution in [-0.4, -0.2) is 12.6 Å². The molecule has 0 aromatic heterocycles. The van der Waals surface area contributed by atoms with Crippen molar-refractivity contribution in [1.82, 2.24) is 0 Å². The molecular weight excluding hydrogens is 214 g/mol. The molecule has 0 aliphatic heterocycles. The highest BCUT2D eigenvalue weighted by molar-refractivity contribution is 5.89. The van der Waals surface area contributed by atoms with Gasteiger partial charge in [-0.15, -0.1) is 0 Å². The van der Waals surface area contributed by atoms with E-state index in [4.69, 9.17) is 11.5 Å². The second-order valence-corrected chi connectivity index (χ2v) is 4.73. The Morgan fingerprint density at radius 3 is 2.53 bits per heavy atom. The van der Waals surface area contributed by atoms with Crippen molar-refractivity contribution in [2.75, 3.05) is 11.9 Å². The van der Waals surface area contributed by atoms with Gasteiger partial charge in [0.25, 0.3) is 0 Å². The SMILES string of the molecule is NCC1(c2ccccc2NC(N)=O)CCCC1. The Bertz CT molecular complexity index is 411. The van der Waals surface area contributed by atoms with Crippen LogP contribution in [-0.2, 0) is 5.41 Å². The number of carbonyl (C=O) groups excluding carboxylic acids is 1. The Morgan fingerprint density at radius 1 is 1.29 bits per heavy atom. The van der Waals surface area contributed by atoms with Crippen molar-refractivity contribution < 1.29 is 4.79 Å². The number of rotatable bonds is 3. The molecule has 92 valence electrons. The predicted molar refractivity (Wildman–Crippen MR) is 68.8 cm³/mol. The minimum absolute atomic E-state index is 0.0129. The van der Waals surface area contributed by atoms with Gasteiger partial charge in [0.1, 0.15) is 0 Å². The van der Waals surface area contributed by atoms with Gasteiger partial charge in [0.05, 0.1) is 0 Å². The lowest BCUT2D eigenvalue weighted by Gasteiger charge is -2.30. The fraction of sp³-hybridized carbons (Fsp3) is 0.462. The largest absolute Gasteiger partial charge is 0.351 e. The number of urea groups is 1. The summed E-state index contributed by atoms with van der Waals surface area (Å²) in [6.45, 7) is 0.616. The van der Waals surface area contributed by atoms with Crippen LogP contribution in [0.4, 0.5) is 10.5 Å². The third kappa shape index (κ3) is 2.26. The number of hydrogen-bond donors (Lipinski definition) is 3. The van der Waals surface area contributed by atoms with Gasteiger partial charge in [-0.1, -0.05) is 31.0 Å². The first-order valence-electron chi connectivity index (χ1n) is 6.04. The Kier molecular flexibility index (Phi) is 3.33. The van der Waals surface area contributed by atoms with Crippen molar-refractivity contribution in [2.45, 2.75) is 31.1 Å². The van der Waals surface area contributed by atoms with E-state index in [1.54, 1.807) is 0 Å². The first-order valence-corrected chi connectivity index (χ1v) is 6.04. The topological polar surface area (TPSA) is 81.1 Å². The zero-order valence-corrected chi connectivity index (χ0v) is 9.91. The molecule has 1 fully saturated rings. The maximum absolute atomic E-state index is 11.0. The molecule has 1 aliphatic carbocycles. The number of nitrogens with one attached hydrogen (secondary N) is 1. The number of benzene rings is 1. The van der Waals surface area contributed by atoms with Gasteiger partial charge in [0.2, 0.25) is 0 Å². The van der Waals surface area contributed by atoms with E-state index in [2.05, 4.69) is 5.32 Å². The summed E-state index contributed by atoms with van der Waals surface area (Å²) >= 11 is 0. The van der Waals surface area contributed by atoms with Crippen molar-refractivity contribution in [3.05, 3.63) is 29.8 Å². The summed E-state index contributed by atoms with van der Waals surface area (Å²) in [5.74, 6) is 0. The molecule has 0 heterocycles. The van der Waals surface area contributed by atoms with Gasteiger partial charge in [0.15, 0.2) is 0 Å². The summed E-state index contributed by atoms with van der Waals surface area (Å²) in [5.41, 5.74) is 13.1. The molecule has 2 rings (SSSR count). The molecule has 0 bridgehead atoms. The lowest BCUT2D eigenvalue weighted by atomic mass is 9.78. The molecule has 1 aromatic rings. The van der Waals surface area contributed by atoms with Crippen molar-refractivity contribution in [2.24, 2.45) is 11.5 Å². The Labute approximate surface area is 101 Å². The van der Waals surface area contributed by atoms with Gasteiger partial charge < -0.3 is 16.8 Å². The van der Waals surface area contributed by atoms with Gasteiger partial charge in [0, 0.05) is 17.6 Å². The molecule has 5 N–H and O–H groups in total. The molecule has 4 heteroatoms. The lowest BCUT2D eigenvalue weighted by molar-refractivity contribution is 0.259. The average Bonchev–Trinajstić information content (AvgIpc) is 2.79. The number of amides is 2. The van der Waals surface area contributed by atoms with Crippen molar-refractivity contribution in [3.8, 4) is 0 Å². The Balaban J connectivity index is 2.39. The van der Waals surface area contributed by atoms with E-state index in [0.29, 0.717) is 6.54 Å². The van der Waals surface area contributed by atoms with Crippen LogP contribution in [0.25, 0.3) is 0 Å². The number of hydrogen-bond acceptors (Lipinski definition) is 2. The van der Waals surface area contributed by atoms with Crippen LogP contribution < -0.4 is 16.8 Å². The highest BCUT2D eigenvalue weighted by Gasteiger charge is 2.35. The standard InChI is InChI=1S/C13H19N3O/c14-9-13(7-3-4-8-13)10-5-1-2-6-11(10)16-12(15)17/h1-2,5-6H,3-4,7-9,14H2,(H3,15,16,17). The minimum atomic E-state index is -0.525. The van der Waals surface area contributed by atoms with Crippen LogP contribution in [0.2, 0.25) is 0 Å². The summed E-state index contributed by atoms with van der Waals surface area (Å²) < 4.78 is 0. The van der Waals surface area contributed by atoms with E-state index in [-0.39, 0.29) is 5.41 Å². The van der Waals surface area contributed by atoms with E-state index >= 15 is 0 Å². The average molecular weight is 233 g/mol. The van der Waals surface area contributed by atoms with Gasteiger partial charge in [-0.2, -0.15) is 0 Å². The quantitative estimate of drug-likeness (QED) is 0.745. The van der Waals surface area contributed by atoms with Crippen molar-refractivity contribution in [3.63, 3.8) is 0 Å². The van der Waals surface area contributed by atoms with Crippen molar-refractivity contribution >= 4 is 11.7 Å². The molecule has 0 atom stereocenters. The van der Waals surface area contributed by atoms with E-state index in [0.717, 1.165) is 24.1 Å². The molecule has 0 unspecified atom stereocenters. The summed E-state index contributed by atoms with van der Waals surface area (Å²) in [7, 11) is 0. The third-order valence-electron chi connectivity index (χ3n) is 3.71. The van der Waals surface area contributed by atoms with Crippen LogP contribution in [0.1, 0.15) is 31.2 Å². The molecule has 1 aromatic carbocycles. The normalized spacial score (nSPS) is 17.9. The van der Waals surface area contributed by atoms with E-state index in [1.165, 1.54) is 12.8 Å². The molecule has 2 amide bonds. The summed E-state index contributed by atoms with van der Waals surface area (Å²) in [6.07, 6.45) is 4.56. The first kappa shape index (κ1) is 11.9. The van der Waals surface area contributed by atoms with Crippen LogP contribution in [0.5, 0.6) is 0 Å². The second-order valence-electron chi connectivity index (χ2n) is 4.73.